The fraction of sp³-hybridized carbons (Fsp3) is 0.160. The summed E-state index contributed by atoms with van der Waals surface area (Å²) in [4.78, 5) is 4.74. The molecule has 4 rings (SSSR count). The molecule has 0 fully saturated rings. The highest BCUT2D eigenvalue weighted by molar-refractivity contribution is 7.86. The van der Waals surface area contributed by atoms with Gasteiger partial charge in [0, 0.05) is 12.0 Å². The summed E-state index contributed by atoms with van der Waals surface area (Å²) < 4.78 is 35.9. The van der Waals surface area contributed by atoms with Crippen molar-refractivity contribution in [2.75, 3.05) is 6.61 Å². The predicted molar refractivity (Wildman–Crippen MR) is 120 cm³/mol. The second-order valence-corrected chi connectivity index (χ2v) is 8.84. The van der Waals surface area contributed by atoms with Gasteiger partial charge in [0.1, 0.15) is 5.76 Å². The van der Waals surface area contributed by atoms with Crippen molar-refractivity contribution in [2.24, 2.45) is 0 Å². The van der Waals surface area contributed by atoms with E-state index in [4.69, 9.17) is 8.60 Å². The molecule has 6 heteroatoms. The maximum Gasteiger partial charge on any atom is 0.297 e. The third-order valence-electron chi connectivity index (χ3n) is 5.07. The van der Waals surface area contributed by atoms with Gasteiger partial charge in [0.2, 0.25) is 5.89 Å². The molecule has 1 aromatic heterocycles. The summed E-state index contributed by atoms with van der Waals surface area (Å²) in [6.45, 7) is 3.56. The van der Waals surface area contributed by atoms with Gasteiger partial charge >= 0.3 is 0 Å². The molecule has 4 aromatic rings. The maximum absolute atomic E-state index is 12.4. The molecule has 0 aliphatic heterocycles. The van der Waals surface area contributed by atoms with Gasteiger partial charge in [-0.15, -0.1) is 0 Å². The molecular weight excluding hydrogens is 410 g/mol. The number of hydrogen-bond donors (Lipinski definition) is 0. The zero-order chi connectivity index (χ0) is 21.8. The molecule has 31 heavy (non-hydrogen) atoms. The van der Waals surface area contributed by atoms with Crippen LogP contribution < -0.4 is 0 Å². The topological polar surface area (TPSA) is 69.4 Å². The van der Waals surface area contributed by atoms with Crippen LogP contribution in [-0.2, 0) is 20.7 Å². The summed E-state index contributed by atoms with van der Waals surface area (Å²) in [6.07, 6.45) is 0.336. The number of rotatable bonds is 7. The molecule has 1 heterocycles. The van der Waals surface area contributed by atoms with Crippen molar-refractivity contribution in [1.82, 2.24) is 4.98 Å². The van der Waals surface area contributed by atoms with Crippen LogP contribution in [0.15, 0.2) is 88.2 Å². The minimum atomic E-state index is -3.81. The van der Waals surface area contributed by atoms with E-state index in [1.54, 1.807) is 31.2 Å². The first kappa shape index (κ1) is 21.0. The summed E-state index contributed by atoms with van der Waals surface area (Å²) in [5, 5.41) is 0. The molecule has 0 saturated carbocycles. The SMILES string of the molecule is Cc1ccccc1S(=O)(=O)OCCc1nc(-c2ccc(-c3ccccc3)cc2)oc1C. The van der Waals surface area contributed by atoms with E-state index in [1.165, 1.54) is 0 Å². The number of benzene rings is 3. The Hall–Kier alpha value is -3.22. The van der Waals surface area contributed by atoms with Gasteiger partial charge in [-0.1, -0.05) is 60.7 Å². The van der Waals surface area contributed by atoms with Crippen LogP contribution >= 0.6 is 0 Å². The Morgan fingerprint density at radius 2 is 1.42 bits per heavy atom. The second-order valence-electron chi connectivity index (χ2n) is 7.26. The quantitative estimate of drug-likeness (QED) is 0.356. The van der Waals surface area contributed by atoms with E-state index in [-0.39, 0.29) is 11.5 Å². The molecule has 0 bridgehead atoms. The van der Waals surface area contributed by atoms with Gasteiger partial charge in [0.25, 0.3) is 10.1 Å². The van der Waals surface area contributed by atoms with E-state index in [0.717, 1.165) is 16.7 Å². The highest BCUT2D eigenvalue weighted by Gasteiger charge is 2.18. The van der Waals surface area contributed by atoms with E-state index < -0.39 is 10.1 Å². The lowest BCUT2D eigenvalue weighted by molar-refractivity contribution is 0.320. The molecule has 0 aliphatic rings. The number of nitrogens with zero attached hydrogens (tertiary/aromatic N) is 1. The average Bonchev–Trinajstić information content (AvgIpc) is 3.15. The Kier molecular flexibility index (Phi) is 6.02. The van der Waals surface area contributed by atoms with Gasteiger partial charge < -0.3 is 4.42 Å². The van der Waals surface area contributed by atoms with Crippen molar-refractivity contribution < 1.29 is 17.0 Å². The lowest BCUT2D eigenvalue weighted by atomic mass is 10.0. The Morgan fingerprint density at radius 3 is 2.13 bits per heavy atom. The van der Waals surface area contributed by atoms with E-state index in [0.29, 0.717) is 29.3 Å². The molecule has 0 aliphatic carbocycles. The molecule has 5 nitrogen and oxygen atoms in total. The molecule has 0 radical (unpaired) electrons. The first-order valence-electron chi connectivity index (χ1n) is 10.0. The van der Waals surface area contributed by atoms with Crippen LogP contribution in [0.1, 0.15) is 17.0 Å². The van der Waals surface area contributed by atoms with Gasteiger partial charge in [-0.3, -0.25) is 4.18 Å². The van der Waals surface area contributed by atoms with Crippen molar-refractivity contribution in [3.8, 4) is 22.6 Å². The van der Waals surface area contributed by atoms with Crippen molar-refractivity contribution in [1.29, 1.82) is 0 Å². The monoisotopic (exact) mass is 433 g/mol. The average molecular weight is 434 g/mol. The fourth-order valence-electron chi connectivity index (χ4n) is 3.37. The molecule has 0 unspecified atom stereocenters. The zero-order valence-corrected chi connectivity index (χ0v) is 18.2. The van der Waals surface area contributed by atoms with E-state index >= 15 is 0 Å². The van der Waals surface area contributed by atoms with E-state index in [2.05, 4.69) is 17.1 Å². The Morgan fingerprint density at radius 1 is 0.806 bits per heavy atom. The van der Waals surface area contributed by atoms with Gasteiger partial charge in [0.15, 0.2) is 0 Å². The summed E-state index contributed by atoms with van der Waals surface area (Å²) in [7, 11) is -3.81. The molecule has 158 valence electrons. The van der Waals surface area contributed by atoms with Crippen LogP contribution in [0, 0.1) is 13.8 Å². The van der Waals surface area contributed by atoms with Crippen LogP contribution in [0.25, 0.3) is 22.6 Å². The minimum Gasteiger partial charge on any atom is -0.441 e. The van der Waals surface area contributed by atoms with E-state index in [9.17, 15) is 8.42 Å². The molecular formula is C25H23NO4S. The fourth-order valence-corrected chi connectivity index (χ4v) is 4.51. The second kappa shape index (κ2) is 8.88. The predicted octanol–water partition coefficient (Wildman–Crippen LogP) is 5.57. The summed E-state index contributed by atoms with van der Waals surface area (Å²) in [5.41, 5.74) is 4.46. The molecule has 0 spiro atoms. The van der Waals surface area contributed by atoms with Gasteiger partial charge in [0.05, 0.1) is 17.2 Å². The smallest absolute Gasteiger partial charge is 0.297 e. The van der Waals surface area contributed by atoms with Crippen molar-refractivity contribution in [3.05, 3.63) is 95.9 Å². The van der Waals surface area contributed by atoms with Crippen molar-refractivity contribution >= 4 is 10.1 Å². The normalized spacial score (nSPS) is 11.5. The summed E-state index contributed by atoms with van der Waals surface area (Å²) in [6, 6.07) is 24.9. The highest BCUT2D eigenvalue weighted by atomic mass is 32.2. The van der Waals surface area contributed by atoms with Crippen molar-refractivity contribution in [3.63, 3.8) is 0 Å². The van der Waals surface area contributed by atoms with E-state index in [1.807, 2.05) is 49.4 Å². The van der Waals surface area contributed by atoms with Gasteiger partial charge in [-0.25, -0.2) is 4.98 Å². The molecule has 3 aromatic carbocycles. The Labute approximate surface area is 182 Å². The number of aryl methyl sites for hydroxylation is 2. The maximum atomic E-state index is 12.4. The summed E-state index contributed by atoms with van der Waals surface area (Å²) in [5.74, 6) is 1.16. The molecule has 0 saturated heterocycles. The van der Waals surface area contributed by atoms with Crippen LogP contribution in [0.4, 0.5) is 0 Å². The van der Waals surface area contributed by atoms with Crippen molar-refractivity contribution in [2.45, 2.75) is 25.2 Å². The lowest BCUT2D eigenvalue weighted by Crippen LogP contribution is -2.11. The summed E-state index contributed by atoms with van der Waals surface area (Å²) >= 11 is 0. The number of hydrogen-bond acceptors (Lipinski definition) is 5. The van der Waals surface area contributed by atoms with Gasteiger partial charge in [-0.2, -0.15) is 8.42 Å². The van der Waals surface area contributed by atoms with Crippen LogP contribution in [0.5, 0.6) is 0 Å². The van der Waals surface area contributed by atoms with Crippen LogP contribution in [0.3, 0.4) is 0 Å². The first-order valence-corrected chi connectivity index (χ1v) is 11.4. The van der Waals surface area contributed by atoms with Gasteiger partial charge in [-0.05, 0) is 48.7 Å². The molecule has 0 N–H and O–H groups in total. The first-order chi connectivity index (χ1) is 14.9. The largest absolute Gasteiger partial charge is 0.441 e. The molecule has 0 atom stereocenters. The minimum absolute atomic E-state index is 0.00355. The molecule has 0 amide bonds. The standard InChI is InChI=1S/C25H23NO4S/c1-18-8-6-7-11-24(18)31(27,28)29-17-16-23-19(2)30-25(26-23)22-14-12-21(13-15-22)20-9-4-3-5-10-20/h3-15H,16-17H2,1-2H3. The van der Waals surface area contributed by atoms with Crippen LogP contribution in [0.2, 0.25) is 0 Å². The Bertz CT molecular complexity index is 1280. The number of oxazole rings is 1. The Balaban J connectivity index is 1.44. The zero-order valence-electron chi connectivity index (χ0n) is 17.4. The van der Waals surface area contributed by atoms with Crippen LogP contribution in [-0.4, -0.2) is 20.0 Å². The third-order valence-corrected chi connectivity index (χ3v) is 6.55. The lowest BCUT2D eigenvalue weighted by Gasteiger charge is -2.07. The number of aromatic nitrogens is 1. The third kappa shape index (κ3) is 4.76. The highest BCUT2D eigenvalue weighted by Crippen LogP contribution is 2.26.